The lowest BCUT2D eigenvalue weighted by Gasteiger charge is -2.33. The summed E-state index contributed by atoms with van der Waals surface area (Å²) in [7, 11) is 0. The number of amides is 7. The van der Waals surface area contributed by atoms with E-state index in [1.165, 1.54) is 28.5 Å². The molecule has 0 aliphatic carbocycles. The molecule has 3 rings (SSSR count). The highest BCUT2D eigenvalue weighted by Gasteiger charge is 2.43. The van der Waals surface area contributed by atoms with Crippen LogP contribution >= 0.6 is 11.8 Å². The van der Waals surface area contributed by atoms with Crippen molar-refractivity contribution >= 4 is 59.1 Å². The molecule has 0 aromatic carbocycles. The van der Waals surface area contributed by atoms with Crippen LogP contribution in [0, 0.1) is 5.41 Å². The van der Waals surface area contributed by atoms with Gasteiger partial charge in [-0.15, -0.1) is 0 Å². The Kier molecular flexibility index (Phi) is 15.2. The predicted molar refractivity (Wildman–Crippen MR) is 178 cm³/mol. The molecule has 0 saturated carbocycles. The summed E-state index contributed by atoms with van der Waals surface area (Å²) in [6, 6.07) is -3.46. The van der Waals surface area contributed by atoms with Crippen LogP contribution in [0.1, 0.15) is 58.3 Å². The Morgan fingerprint density at radius 2 is 1.50 bits per heavy atom. The molecule has 0 spiro atoms. The summed E-state index contributed by atoms with van der Waals surface area (Å²) >= 11 is 1.33. The zero-order chi connectivity index (χ0) is 35.2. The van der Waals surface area contributed by atoms with Crippen LogP contribution in [-0.4, -0.2) is 144 Å². The number of likely N-dealkylation sites (tertiary alicyclic amines) is 3. The second kappa shape index (κ2) is 19.0. The van der Waals surface area contributed by atoms with Crippen molar-refractivity contribution in [1.82, 2.24) is 41.3 Å². The largest absolute Gasteiger partial charge is 0.370 e. The van der Waals surface area contributed by atoms with Gasteiger partial charge in [-0.05, 0) is 57.6 Å². The van der Waals surface area contributed by atoms with E-state index in [1.807, 2.05) is 0 Å². The van der Waals surface area contributed by atoms with E-state index in [-0.39, 0.29) is 54.9 Å². The number of guanidine groups is 1. The van der Waals surface area contributed by atoms with E-state index in [9.17, 15) is 33.6 Å². The van der Waals surface area contributed by atoms with E-state index in [2.05, 4.69) is 26.6 Å². The number of hydrogen-bond donors (Lipinski definition) is 7. The van der Waals surface area contributed by atoms with Crippen molar-refractivity contribution < 1.29 is 33.6 Å². The topological polar surface area (TPSA) is 239 Å². The molecule has 3 saturated heterocycles. The Balaban J connectivity index is 1.56. The number of nitrogens with one attached hydrogen (secondary N) is 6. The average molecular weight is 695 g/mol. The number of hydrogen-bond acceptors (Lipinski definition) is 9. The van der Waals surface area contributed by atoms with Gasteiger partial charge in [0, 0.05) is 45.4 Å². The first-order valence-electron chi connectivity index (χ1n) is 16.5. The van der Waals surface area contributed by atoms with E-state index < -0.39 is 41.9 Å². The van der Waals surface area contributed by atoms with Crippen molar-refractivity contribution in [2.24, 2.45) is 5.73 Å². The molecule has 3 heterocycles. The molecule has 17 nitrogen and oxygen atoms in total. The van der Waals surface area contributed by atoms with Gasteiger partial charge in [-0.2, -0.15) is 11.8 Å². The summed E-state index contributed by atoms with van der Waals surface area (Å²) in [4.78, 5) is 94.8. The Hall–Kier alpha value is -4.09. The molecule has 2 unspecified atom stereocenters. The number of thioether (sulfide) groups is 1. The van der Waals surface area contributed by atoms with Gasteiger partial charge in [0.25, 0.3) is 0 Å². The highest BCUT2D eigenvalue weighted by atomic mass is 32.2. The molecule has 4 atom stereocenters. The first-order chi connectivity index (χ1) is 22.9. The summed E-state index contributed by atoms with van der Waals surface area (Å²) in [5, 5.41) is 20.4. The van der Waals surface area contributed by atoms with Gasteiger partial charge < -0.3 is 47.0 Å². The monoisotopic (exact) mass is 694 g/mol. The minimum atomic E-state index is -0.968. The summed E-state index contributed by atoms with van der Waals surface area (Å²) < 4.78 is 0. The van der Waals surface area contributed by atoms with E-state index in [0.717, 1.165) is 12.8 Å². The molecule has 268 valence electrons. The minimum absolute atomic E-state index is 0.151. The average Bonchev–Trinajstić information content (AvgIpc) is 3.85. The van der Waals surface area contributed by atoms with Gasteiger partial charge in [0.05, 0.1) is 13.1 Å². The van der Waals surface area contributed by atoms with Gasteiger partial charge in [-0.3, -0.25) is 39.0 Å². The third-order valence-corrected chi connectivity index (χ3v) is 9.27. The molecule has 48 heavy (non-hydrogen) atoms. The molecular weight excluding hydrogens is 644 g/mol. The third-order valence-electron chi connectivity index (χ3n) is 8.61. The highest BCUT2D eigenvalue weighted by Crippen LogP contribution is 2.26. The lowest BCUT2D eigenvalue weighted by Crippen LogP contribution is -2.58. The summed E-state index contributed by atoms with van der Waals surface area (Å²) in [5.74, 6) is -2.86. The van der Waals surface area contributed by atoms with Crippen LogP contribution in [0.4, 0.5) is 0 Å². The maximum absolute atomic E-state index is 13.8. The number of nitrogens with zero attached hydrogens (tertiary/aromatic N) is 3. The van der Waals surface area contributed by atoms with E-state index >= 15 is 0 Å². The molecule has 7 amide bonds. The van der Waals surface area contributed by atoms with Crippen LogP contribution in [0.15, 0.2) is 0 Å². The smallest absolute Gasteiger partial charge is 0.246 e. The third kappa shape index (κ3) is 11.3. The van der Waals surface area contributed by atoms with Gasteiger partial charge in [0.1, 0.15) is 24.2 Å². The van der Waals surface area contributed by atoms with Crippen LogP contribution in [0.3, 0.4) is 0 Å². The van der Waals surface area contributed by atoms with Gasteiger partial charge >= 0.3 is 0 Å². The van der Waals surface area contributed by atoms with Crippen molar-refractivity contribution in [2.45, 2.75) is 82.5 Å². The normalized spacial score (nSPS) is 20.1. The van der Waals surface area contributed by atoms with Crippen LogP contribution < -0.4 is 32.3 Å². The van der Waals surface area contributed by atoms with E-state index in [1.54, 1.807) is 11.2 Å². The summed E-state index contributed by atoms with van der Waals surface area (Å²) in [6.07, 6.45) is 6.33. The fraction of sp³-hybridized carbons (Fsp3) is 0.733. The van der Waals surface area contributed by atoms with Crippen LogP contribution in [0.2, 0.25) is 0 Å². The molecule has 0 radical (unpaired) electrons. The molecule has 0 bridgehead atoms. The molecule has 3 aliphatic heterocycles. The van der Waals surface area contributed by atoms with Crippen LogP contribution in [0.25, 0.3) is 0 Å². The molecule has 8 N–H and O–H groups in total. The standard InChI is InChI=1S/C30H50N10O7S/c1-19(41)36-20(8-5-11-33-30(31)32)28(46)40-15-7-10-23(40)29(47)39-14-6-9-22(39)27(45)37-21(18-48-2)26(44)35-16-24(42)34-17-25(43)38-12-3-4-13-38/h20-23H,3-18H2,1-2H3,(H,34,42)(H,35,44)(H,36,41)(H,37,45)(H4,31,32,33)/t20?,21?,22-,23-/m1/s1. The maximum atomic E-state index is 13.8. The molecule has 3 aliphatic rings. The first-order valence-corrected chi connectivity index (χ1v) is 17.9. The molecule has 3 fully saturated rings. The molecule has 0 aromatic rings. The van der Waals surface area contributed by atoms with Gasteiger partial charge in [-0.25, -0.2) is 0 Å². The second-order valence-corrected chi connectivity index (χ2v) is 13.1. The Labute approximate surface area is 285 Å². The lowest BCUT2D eigenvalue weighted by atomic mass is 10.1. The summed E-state index contributed by atoms with van der Waals surface area (Å²) in [6.45, 7) is 3.13. The van der Waals surface area contributed by atoms with Crippen LogP contribution in [0.5, 0.6) is 0 Å². The minimum Gasteiger partial charge on any atom is -0.370 e. The number of carbonyl (C=O) groups excluding carboxylic acids is 7. The Bertz CT molecular complexity index is 1210. The van der Waals surface area contributed by atoms with Gasteiger partial charge in [-0.1, -0.05) is 0 Å². The van der Waals surface area contributed by atoms with Crippen molar-refractivity contribution in [1.29, 1.82) is 5.41 Å². The van der Waals surface area contributed by atoms with Crippen molar-refractivity contribution in [3.8, 4) is 0 Å². The zero-order valence-corrected chi connectivity index (χ0v) is 28.6. The Morgan fingerprint density at radius 3 is 2.15 bits per heavy atom. The Morgan fingerprint density at radius 1 is 0.833 bits per heavy atom. The number of nitrogens with two attached hydrogens (primary N) is 1. The number of rotatable bonds is 16. The van der Waals surface area contributed by atoms with Crippen molar-refractivity contribution in [3.05, 3.63) is 0 Å². The van der Waals surface area contributed by atoms with Crippen molar-refractivity contribution in [2.75, 3.05) is 57.8 Å². The molecule has 18 heteroatoms. The van der Waals surface area contributed by atoms with E-state index in [4.69, 9.17) is 11.1 Å². The van der Waals surface area contributed by atoms with Crippen LogP contribution in [-0.2, 0) is 33.6 Å². The summed E-state index contributed by atoms with van der Waals surface area (Å²) in [5.41, 5.74) is 5.32. The van der Waals surface area contributed by atoms with Gasteiger partial charge in [0.2, 0.25) is 41.4 Å². The fourth-order valence-corrected chi connectivity index (χ4v) is 6.81. The first kappa shape index (κ1) is 38.4. The lowest BCUT2D eigenvalue weighted by molar-refractivity contribution is -0.148. The fourth-order valence-electron chi connectivity index (χ4n) is 6.24. The highest BCUT2D eigenvalue weighted by molar-refractivity contribution is 7.98. The molecular formula is C30H50N10O7S. The van der Waals surface area contributed by atoms with E-state index in [0.29, 0.717) is 64.8 Å². The number of carbonyl (C=O) groups is 7. The SMILES string of the molecule is CSCC(NC(=O)[C@H]1CCCN1C(=O)[C@H]1CCCN1C(=O)C(CCCNC(=N)N)NC(C)=O)C(=O)NCC(=O)NCC(=O)N1CCCC1. The zero-order valence-electron chi connectivity index (χ0n) is 27.8. The quantitative estimate of drug-likeness (QED) is 0.0507. The maximum Gasteiger partial charge on any atom is 0.246 e. The molecule has 0 aromatic heterocycles. The van der Waals surface area contributed by atoms with Crippen molar-refractivity contribution in [3.63, 3.8) is 0 Å². The predicted octanol–water partition coefficient (Wildman–Crippen LogP) is -2.56. The van der Waals surface area contributed by atoms with Gasteiger partial charge in [0.15, 0.2) is 5.96 Å². The second-order valence-electron chi connectivity index (χ2n) is 12.2.